The highest BCUT2D eigenvalue weighted by Gasteiger charge is 2.35. The van der Waals surface area contributed by atoms with Gasteiger partial charge in [0.1, 0.15) is 6.17 Å². The van der Waals surface area contributed by atoms with Gasteiger partial charge in [-0.3, -0.25) is 4.99 Å². The summed E-state index contributed by atoms with van der Waals surface area (Å²) in [5.74, 6) is 0. The van der Waals surface area contributed by atoms with Gasteiger partial charge in [-0.05, 0) is 77.0 Å². The SMILES string of the molecule is CC1C(c2ccc(Cl)cc2)=NC(c2ccccc2)N1c1ccc(I)cc1. The van der Waals surface area contributed by atoms with Gasteiger partial charge in [-0.2, -0.15) is 0 Å². The highest BCUT2D eigenvalue weighted by atomic mass is 127. The lowest BCUT2D eigenvalue weighted by Gasteiger charge is -2.30. The molecule has 0 saturated carbocycles. The molecule has 0 fully saturated rings. The lowest BCUT2D eigenvalue weighted by Crippen LogP contribution is -2.35. The number of halogens is 2. The van der Waals surface area contributed by atoms with Crippen LogP contribution in [0.4, 0.5) is 5.69 Å². The molecule has 3 aromatic rings. The van der Waals surface area contributed by atoms with Crippen LogP contribution in [-0.4, -0.2) is 11.8 Å². The molecule has 1 heterocycles. The van der Waals surface area contributed by atoms with Crippen molar-refractivity contribution in [3.8, 4) is 0 Å². The van der Waals surface area contributed by atoms with Crippen molar-refractivity contribution in [1.29, 1.82) is 0 Å². The van der Waals surface area contributed by atoms with Gasteiger partial charge < -0.3 is 4.90 Å². The molecule has 130 valence electrons. The minimum absolute atomic E-state index is 0.0306. The molecule has 1 aliphatic heterocycles. The zero-order valence-electron chi connectivity index (χ0n) is 14.3. The zero-order valence-corrected chi connectivity index (χ0v) is 17.2. The monoisotopic (exact) mass is 472 g/mol. The summed E-state index contributed by atoms with van der Waals surface area (Å²) in [6.45, 7) is 2.22. The summed E-state index contributed by atoms with van der Waals surface area (Å²) in [5, 5.41) is 0.745. The van der Waals surface area contributed by atoms with Crippen LogP contribution in [0.3, 0.4) is 0 Å². The Bertz CT molecular complexity index is 921. The Labute approximate surface area is 172 Å². The van der Waals surface area contributed by atoms with E-state index in [0.29, 0.717) is 0 Å². The first-order valence-electron chi connectivity index (χ1n) is 8.56. The first kappa shape index (κ1) is 17.6. The highest BCUT2D eigenvalue weighted by Crippen LogP contribution is 2.37. The van der Waals surface area contributed by atoms with Crippen LogP contribution in [0.2, 0.25) is 5.02 Å². The van der Waals surface area contributed by atoms with Crippen molar-refractivity contribution in [2.75, 3.05) is 4.90 Å². The van der Waals surface area contributed by atoms with E-state index < -0.39 is 0 Å². The van der Waals surface area contributed by atoms with Gasteiger partial charge in [-0.25, -0.2) is 0 Å². The Morgan fingerprint density at radius 1 is 0.885 bits per heavy atom. The fourth-order valence-corrected chi connectivity index (χ4v) is 3.91. The van der Waals surface area contributed by atoms with Gasteiger partial charge in [0, 0.05) is 14.3 Å². The summed E-state index contributed by atoms with van der Waals surface area (Å²) in [6.07, 6.45) is -0.0306. The van der Waals surface area contributed by atoms with Crippen molar-refractivity contribution >= 4 is 45.6 Å². The largest absolute Gasteiger partial charge is 0.337 e. The Morgan fingerprint density at radius 2 is 1.54 bits per heavy atom. The van der Waals surface area contributed by atoms with Crippen LogP contribution < -0.4 is 4.90 Å². The average molecular weight is 473 g/mol. The molecule has 2 atom stereocenters. The van der Waals surface area contributed by atoms with Gasteiger partial charge in [0.25, 0.3) is 0 Å². The lowest BCUT2D eigenvalue weighted by molar-refractivity contribution is 0.675. The van der Waals surface area contributed by atoms with Gasteiger partial charge in [-0.1, -0.05) is 54.1 Å². The van der Waals surface area contributed by atoms with Crippen LogP contribution in [-0.2, 0) is 0 Å². The summed E-state index contributed by atoms with van der Waals surface area (Å²) in [5.41, 5.74) is 4.59. The molecule has 2 unspecified atom stereocenters. The summed E-state index contributed by atoms with van der Waals surface area (Å²) in [6, 6.07) is 27.2. The molecule has 0 radical (unpaired) electrons. The van der Waals surface area contributed by atoms with E-state index in [4.69, 9.17) is 16.6 Å². The molecular formula is C22H18ClIN2. The normalized spacial score (nSPS) is 19.5. The van der Waals surface area contributed by atoms with E-state index in [1.165, 1.54) is 14.8 Å². The van der Waals surface area contributed by atoms with Crippen LogP contribution in [0, 0.1) is 3.57 Å². The minimum atomic E-state index is -0.0306. The minimum Gasteiger partial charge on any atom is -0.337 e. The molecule has 4 rings (SSSR count). The van der Waals surface area contributed by atoms with E-state index in [1.807, 2.05) is 18.2 Å². The molecule has 26 heavy (non-hydrogen) atoms. The second-order valence-electron chi connectivity index (χ2n) is 6.37. The molecule has 3 aromatic carbocycles. The van der Waals surface area contributed by atoms with Crippen molar-refractivity contribution in [2.24, 2.45) is 4.99 Å². The maximum absolute atomic E-state index is 6.07. The Hall–Kier alpha value is -1.85. The van der Waals surface area contributed by atoms with E-state index in [9.17, 15) is 0 Å². The smallest absolute Gasteiger partial charge is 0.148 e. The topological polar surface area (TPSA) is 15.6 Å². The third-order valence-electron chi connectivity index (χ3n) is 4.70. The number of benzene rings is 3. The molecule has 0 aliphatic carbocycles. The zero-order chi connectivity index (χ0) is 18.1. The summed E-state index contributed by atoms with van der Waals surface area (Å²) >= 11 is 8.41. The Kier molecular flexibility index (Phi) is 5.00. The number of hydrogen-bond acceptors (Lipinski definition) is 2. The third-order valence-corrected chi connectivity index (χ3v) is 5.67. The van der Waals surface area contributed by atoms with Gasteiger partial charge in [0.15, 0.2) is 0 Å². The van der Waals surface area contributed by atoms with Crippen LogP contribution in [0.25, 0.3) is 0 Å². The number of rotatable bonds is 3. The van der Waals surface area contributed by atoms with Crippen LogP contribution >= 0.6 is 34.2 Å². The molecule has 2 nitrogen and oxygen atoms in total. The van der Waals surface area contributed by atoms with Crippen molar-refractivity contribution < 1.29 is 0 Å². The molecule has 0 amide bonds. The van der Waals surface area contributed by atoms with Crippen LogP contribution in [0.1, 0.15) is 24.2 Å². The van der Waals surface area contributed by atoms with Crippen LogP contribution in [0.5, 0.6) is 0 Å². The number of anilines is 1. The molecule has 0 bridgehead atoms. The Balaban J connectivity index is 1.79. The second-order valence-corrected chi connectivity index (χ2v) is 8.05. The molecular weight excluding hydrogens is 455 g/mol. The fraction of sp³-hybridized carbons (Fsp3) is 0.136. The third kappa shape index (κ3) is 3.38. The maximum Gasteiger partial charge on any atom is 0.148 e. The summed E-state index contributed by atoms with van der Waals surface area (Å²) in [4.78, 5) is 7.50. The van der Waals surface area contributed by atoms with Crippen molar-refractivity contribution in [3.05, 3.63) is 98.6 Å². The molecule has 1 aliphatic rings. The predicted octanol–water partition coefficient (Wildman–Crippen LogP) is 6.34. The first-order valence-corrected chi connectivity index (χ1v) is 10.0. The van der Waals surface area contributed by atoms with Gasteiger partial charge >= 0.3 is 0 Å². The molecule has 0 saturated heterocycles. The predicted molar refractivity (Wildman–Crippen MR) is 118 cm³/mol. The average Bonchev–Trinajstić information content (AvgIpc) is 3.01. The van der Waals surface area contributed by atoms with Gasteiger partial charge in [0.05, 0.1) is 11.8 Å². The van der Waals surface area contributed by atoms with Crippen LogP contribution in [0.15, 0.2) is 83.9 Å². The van der Waals surface area contributed by atoms with E-state index >= 15 is 0 Å². The molecule has 0 spiro atoms. The fourth-order valence-electron chi connectivity index (χ4n) is 3.42. The van der Waals surface area contributed by atoms with E-state index in [0.717, 1.165) is 16.3 Å². The van der Waals surface area contributed by atoms with E-state index in [-0.39, 0.29) is 12.2 Å². The first-order chi connectivity index (χ1) is 12.6. The molecule has 4 heteroatoms. The van der Waals surface area contributed by atoms with Gasteiger partial charge in [-0.15, -0.1) is 0 Å². The summed E-state index contributed by atoms with van der Waals surface area (Å²) in [7, 11) is 0. The maximum atomic E-state index is 6.07. The second kappa shape index (κ2) is 7.41. The number of nitrogens with zero attached hydrogens (tertiary/aromatic N) is 2. The molecule has 0 N–H and O–H groups in total. The highest BCUT2D eigenvalue weighted by molar-refractivity contribution is 14.1. The lowest BCUT2D eigenvalue weighted by atomic mass is 10.0. The van der Waals surface area contributed by atoms with E-state index in [1.54, 1.807) is 0 Å². The van der Waals surface area contributed by atoms with Crippen molar-refractivity contribution in [1.82, 2.24) is 0 Å². The summed E-state index contributed by atoms with van der Waals surface area (Å²) < 4.78 is 1.23. The number of hydrogen-bond donors (Lipinski definition) is 0. The van der Waals surface area contributed by atoms with Crippen molar-refractivity contribution in [2.45, 2.75) is 19.1 Å². The molecule has 0 aromatic heterocycles. The number of aliphatic imine (C=N–C) groups is 1. The van der Waals surface area contributed by atoms with Crippen molar-refractivity contribution in [3.63, 3.8) is 0 Å². The quantitative estimate of drug-likeness (QED) is 0.406. The van der Waals surface area contributed by atoms with E-state index in [2.05, 4.69) is 95.1 Å². The van der Waals surface area contributed by atoms with Gasteiger partial charge in [0.2, 0.25) is 0 Å². The Morgan fingerprint density at radius 3 is 2.19 bits per heavy atom. The standard InChI is InChI=1S/C22H18ClIN2/c1-15-21(16-7-9-18(23)10-8-16)25-22(17-5-3-2-4-6-17)26(15)20-13-11-19(24)12-14-20/h2-15,22H,1H3.